The van der Waals surface area contributed by atoms with Crippen molar-refractivity contribution >= 4 is 17.5 Å². The Labute approximate surface area is 112 Å². The van der Waals surface area contributed by atoms with Crippen LogP contribution in [0, 0.1) is 5.92 Å². The molecule has 3 unspecified atom stereocenters. The molecule has 102 valence electrons. The molecule has 0 N–H and O–H groups in total. The predicted molar refractivity (Wildman–Crippen MR) is 68.9 cm³/mol. The largest absolute Gasteiger partial charge is 0.378 e. The Morgan fingerprint density at radius 3 is 2.94 bits per heavy atom. The summed E-state index contributed by atoms with van der Waals surface area (Å²) in [6.07, 6.45) is 2.39. The molecular weight excluding hydrogens is 252 g/mol. The van der Waals surface area contributed by atoms with Gasteiger partial charge in [0.15, 0.2) is 5.78 Å². The first-order valence-electron chi connectivity index (χ1n) is 6.74. The number of thioether (sulfide) groups is 1. The van der Waals surface area contributed by atoms with E-state index in [4.69, 9.17) is 14.2 Å². The van der Waals surface area contributed by atoms with Gasteiger partial charge in [0.1, 0.15) is 6.10 Å². The lowest BCUT2D eigenvalue weighted by atomic mass is 9.81. The molecule has 3 heterocycles. The minimum atomic E-state index is -0.189. The van der Waals surface area contributed by atoms with E-state index in [1.54, 1.807) is 0 Å². The summed E-state index contributed by atoms with van der Waals surface area (Å²) in [5.41, 5.74) is -0.180. The van der Waals surface area contributed by atoms with Crippen LogP contribution in [-0.2, 0) is 19.0 Å². The van der Waals surface area contributed by atoms with Crippen molar-refractivity contribution in [3.63, 3.8) is 0 Å². The first kappa shape index (κ1) is 12.9. The maximum Gasteiger partial charge on any atom is 0.165 e. The van der Waals surface area contributed by atoms with E-state index in [9.17, 15) is 4.79 Å². The molecule has 3 aliphatic heterocycles. The summed E-state index contributed by atoms with van der Waals surface area (Å²) in [6.45, 7) is 2.80. The lowest BCUT2D eigenvalue weighted by Crippen LogP contribution is -2.46. The van der Waals surface area contributed by atoms with Crippen LogP contribution in [0.1, 0.15) is 19.3 Å². The Bertz CT molecular complexity index is 308. The third-order valence-electron chi connectivity index (χ3n) is 4.10. The Morgan fingerprint density at radius 1 is 1.28 bits per heavy atom. The highest BCUT2D eigenvalue weighted by Gasteiger charge is 2.44. The van der Waals surface area contributed by atoms with Gasteiger partial charge in [-0.1, -0.05) is 0 Å². The van der Waals surface area contributed by atoms with Gasteiger partial charge in [0.05, 0.1) is 18.8 Å². The first-order valence-corrected chi connectivity index (χ1v) is 7.89. The second-order valence-electron chi connectivity index (χ2n) is 5.36. The Morgan fingerprint density at radius 2 is 2.22 bits per heavy atom. The van der Waals surface area contributed by atoms with E-state index in [1.807, 2.05) is 11.8 Å². The summed E-state index contributed by atoms with van der Waals surface area (Å²) >= 11 is 1.82. The molecule has 0 aromatic carbocycles. The Hall–Kier alpha value is -0.100. The van der Waals surface area contributed by atoms with Gasteiger partial charge in [-0.15, -0.1) is 0 Å². The number of hydrogen-bond donors (Lipinski definition) is 0. The van der Waals surface area contributed by atoms with Crippen molar-refractivity contribution in [3.8, 4) is 0 Å². The third-order valence-corrected chi connectivity index (χ3v) is 5.09. The first-order chi connectivity index (χ1) is 8.79. The fraction of sp³-hybridized carbons (Fsp3) is 0.923. The zero-order valence-electron chi connectivity index (χ0n) is 10.6. The quantitative estimate of drug-likeness (QED) is 0.757. The van der Waals surface area contributed by atoms with Gasteiger partial charge in [0.2, 0.25) is 0 Å². The highest BCUT2D eigenvalue weighted by Crippen LogP contribution is 2.37. The molecule has 0 aromatic rings. The predicted octanol–water partition coefficient (Wildman–Crippen LogP) is 1.27. The highest BCUT2D eigenvalue weighted by atomic mass is 32.2. The van der Waals surface area contributed by atoms with Gasteiger partial charge < -0.3 is 14.2 Å². The topological polar surface area (TPSA) is 44.8 Å². The van der Waals surface area contributed by atoms with E-state index in [-0.39, 0.29) is 23.4 Å². The van der Waals surface area contributed by atoms with E-state index >= 15 is 0 Å². The second kappa shape index (κ2) is 5.49. The number of Topliss-reactive ketones (excluding diaryl/α,β-unsaturated/α-hetero) is 1. The molecule has 0 amide bonds. The molecule has 3 aliphatic rings. The lowest BCUT2D eigenvalue weighted by molar-refractivity contribution is -0.146. The van der Waals surface area contributed by atoms with Crippen molar-refractivity contribution in [1.82, 2.24) is 0 Å². The van der Waals surface area contributed by atoms with Gasteiger partial charge >= 0.3 is 0 Å². The summed E-state index contributed by atoms with van der Waals surface area (Å²) in [5, 5.41) is 0. The molecule has 5 heteroatoms. The molecule has 0 radical (unpaired) electrons. The van der Waals surface area contributed by atoms with Gasteiger partial charge in [0, 0.05) is 37.1 Å². The molecule has 3 atom stereocenters. The van der Waals surface area contributed by atoms with Crippen LogP contribution >= 0.6 is 11.8 Å². The molecule has 1 spiro atoms. The zero-order chi connectivity index (χ0) is 12.4. The summed E-state index contributed by atoms with van der Waals surface area (Å²) in [5.74, 6) is 2.22. The smallest absolute Gasteiger partial charge is 0.165 e. The van der Waals surface area contributed by atoms with Crippen LogP contribution in [0.4, 0.5) is 0 Å². The van der Waals surface area contributed by atoms with Gasteiger partial charge in [-0.3, -0.25) is 4.79 Å². The highest BCUT2D eigenvalue weighted by molar-refractivity contribution is 7.99. The van der Waals surface area contributed by atoms with Crippen molar-refractivity contribution in [3.05, 3.63) is 0 Å². The normalized spacial score (nSPS) is 41.1. The van der Waals surface area contributed by atoms with Crippen molar-refractivity contribution in [2.75, 3.05) is 37.9 Å². The Kier molecular flexibility index (Phi) is 3.94. The molecular formula is C13H20O4S. The number of ether oxygens (including phenoxy) is 3. The molecule has 0 saturated carbocycles. The van der Waals surface area contributed by atoms with Crippen molar-refractivity contribution in [2.24, 2.45) is 5.92 Å². The van der Waals surface area contributed by atoms with Gasteiger partial charge in [-0.2, -0.15) is 11.8 Å². The second-order valence-corrected chi connectivity index (χ2v) is 6.51. The summed E-state index contributed by atoms with van der Waals surface area (Å²) < 4.78 is 16.9. The van der Waals surface area contributed by atoms with Crippen LogP contribution in [0.3, 0.4) is 0 Å². The minimum absolute atomic E-state index is 0.101. The fourth-order valence-electron chi connectivity index (χ4n) is 3.05. The molecule has 0 bridgehead atoms. The summed E-state index contributed by atoms with van der Waals surface area (Å²) in [6, 6.07) is 0. The van der Waals surface area contributed by atoms with Gasteiger partial charge in [0.25, 0.3) is 0 Å². The maximum absolute atomic E-state index is 12.5. The number of carbonyl (C=O) groups excluding carboxylic acids is 1. The summed E-state index contributed by atoms with van der Waals surface area (Å²) in [7, 11) is 0. The van der Waals surface area contributed by atoms with Crippen molar-refractivity contribution < 1.29 is 19.0 Å². The van der Waals surface area contributed by atoms with Crippen LogP contribution in [0.2, 0.25) is 0 Å². The van der Waals surface area contributed by atoms with E-state index in [1.165, 1.54) is 0 Å². The molecule has 3 fully saturated rings. The number of carbonyl (C=O) groups is 1. The molecule has 4 nitrogen and oxygen atoms in total. The number of hydrogen-bond acceptors (Lipinski definition) is 5. The Balaban J connectivity index is 1.62. The lowest BCUT2D eigenvalue weighted by Gasteiger charge is -2.37. The monoisotopic (exact) mass is 272 g/mol. The molecule has 3 rings (SSSR count). The summed E-state index contributed by atoms with van der Waals surface area (Å²) in [4.78, 5) is 12.5. The molecule has 0 aromatic heterocycles. The average molecular weight is 272 g/mol. The van der Waals surface area contributed by atoms with Crippen molar-refractivity contribution in [1.29, 1.82) is 0 Å². The van der Waals surface area contributed by atoms with E-state index in [0.29, 0.717) is 19.8 Å². The molecule has 0 aliphatic carbocycles. The fourth-order valence-corrected chi connectivity index (χ4v) is 3.90. The maximum atomic E-state index is 12.5. The SMILES string of the molecule is O=C(C1CCOC2(CCOC2)C1)C1CSCCO1. The van der Waals surface area contributed by atoms with Gasteiger partial charge in [-0.05, 0) is 12.8 Å². The van der Waals surface area contributed by atoms with Crippen LogP contribution in [0.25, 0.3) is 0 Å². The number of rotatable bonds is 2. The standard InChI is InChI=1S/C13H20O4S/c14-12(11-8-18-6-5-16-11)10-1-3-17-13(7-10)2-4-15-9-13/h10-11H,1-9H2. The third kappa shape index (κ3) is 2.59. The van der Waals surface area contributed by atoms with E-state index < -0.39 is 0 Å². The van der Waals surface area contributed by atoms with E-state index in [0.717, 1.165) is 37.4 Å². The van der Waals surface area contributed by atoms with Crippen LogP contribution in [0.5, 0.6) is 0 Å². The van der Waals surface area contributed by atoms with Crippen LogP contribution < -0.4 is 0 Å². The van der Waals surface area contributed by atoms with Crippen LogP contribution in [0.15, 0.2) is 0 Å². The zero-order valence-corrected chi connectivity index (χ0v) is 11.4. The minimum Gasteiger partial charge on any atom is -0.378 e. The molecule has 3 saturated heterocycles. The van der Waals surface area contributed by atoms with Crippen molar-refractivity contribution in [2.45, 2.75) is 31.0 Å². The van der Waals surface area contributed by atoms with Gasteiger partial charge in [-0.25, -0.2) is 0 Å². The average Bonchev–Trinajstić information content (AvgIpc) is 2.87. The molecule has 18 heavy (non-hydrogen) atoms. The van der Waals surface area contributed by atoms with Crippen LogP contribution in [-0.4, -0.2) is 55.4 Å². The number of ketones is 1. The van der Waals surface area contributed by atoms with E-state index in [2.05, 4.69) is 0 Å².